The molecule has 3 aromatic heterocycles. The fourth-order valence-electron chi connectivity index (χ4n) is 4.43. The first-order chi connectivity index (χ1) is 18.2. The van der Waals surface area contributed by atoms with Crippen LogP contribution in [0.4, 0.5) is 11.6 Å². The summed E-state index contributed by atoms with van der Waals surface area (Å²) in [5.41, 5.74) is 4.99. The van der Waals surface area contributed by atoms with Crippen LogP contribution in [0.2, 0.25) is 0 Å². The van der Waals surface area contributed by atoms with Gasteiger partial charge in [0.05, 0.1) is 23.9 Å². The fraction of sp³-hybridized carbons (Fsp3) is 0.0333. The summed E-state index contributed by atoms with van der Waals surface area (Å²) in [5.74, 6) is 1.72. The molecule has 6 aromatic rings. The van der Waals surface area contributed by atoms with Gasteiger partial charge in [-0.15, -0.1) is 0 Å². The molecule has 7 nitrogen and oxygen atoms in total. The number of fused-ring (bicyclic) bond motifs is 1. The summed E-state index contributed by atoms with van der Waals surface area (Å²) in [5, 5.41) is 6.62. The molecule has 0 aliphatic rings. The molecule has 0 unspecified atom stereocenters. The normalized spacial score (nSPS) is 10.9. The van der Waals surface area contributed by atoms with Gasteiger partial charge in [-0.05, 0) is 35.4 Å². The maximum absolute atomic E-state index is 14.1. The third-order valence-electron chi connectivity index (χ3n) is 6.20. The Hall–Kier alpha value is -5.17. The molecule has 7 heteroatoms. The topological polar surface area (TPSA) is 84.3 Å². The second kappa shape index (κ2) is 9.47. The van der Waals surface area contributed by atoms with Crippen molar-refractivity contribution in [3.05, 3.63) is 120 Å². The quantitative estimate of drug-likeness (QED) is 0.295. The van der Waals surface area contributed by atoms with Crippen LogP contribution in [0.15, 0.2) is 114 Å². The van der Waals surface area contributed by atoms with Crippen LogP contribution in [-0.4, -0.2) is 26.7 Å². The average molecular weight is 486 g/mol. The highest BCUT2D eigenvalue weighted by atomic mass is 16.5. The lowest BCUT2D eigenvalue weighted by Crippen LogP contribution is -2.19. The number of rotatable bonds is 6. The van der Waals surface area contributed by atoms with Gasteiger partial charge in [-0.25, -0.2) is 9.97 Å². The Morgan fingerprint density at radius 1 is 0.757 bits per heavy atom. The Kier molecular flexibility index (Phi) is 5.71. The van der Waals surface area contributed by atoms with Crippen molar-refractivity contribution >= 4 is 17.3 Å². The van der Waals surface area contributed by atoms with Crippen molar-refractivity contribution in [2.24, 2.45) is 0 Å². The number of benzene rings is 3. The minimum atomic E-state index is -0.229. The molecule has 3 aromatic carbocycles. The minimum absolute atomic E-state index is 0.229. The van der Waals surface area contributed by atoms with Crippen molar-refractivity contribution in [3.8, 4) is 39.3 Å². The number of anilines is 2. The summed E-state index contributed by atoms with van der Waals surface area (Å²) in [6.45, 7) is 0. The number of ether oxygens (including phenoxy) is 1. The highest BCUT2D eigenvalue weighted by Crippen LogP contribution is 2.36. The van der Waals surface area contributed by atoms with E-state index >= 15 is 0 Å². The maximum Gasteiger partial charge on any atom is 0.282 e. The number of H-pyrrole nitrogens is 1. The van der Waals surface area contributed by atoms with Crippen LogP contribution < -0.4 is 15.6 Å². The van der Waals surface area contributed by atoms with E-state index in [1.54, 1.807) is 13.3 Å². The summed E-state index contributed by atoms with van der Waals surface area (Å²) >= 11 is 0. The average Bonchev–Trinajstić information content (AvgIpc) is 3.35. The molecule has 0 spiro atoms. The molecule has 0 saturated heterocycles. The third-order valence-corrected chi connectivity index (χ3v) is 6.20. The summed E-state index contributed by atoms with van der Waals surface area (Å²) in [6, 6.07) is 32.8. The van der Waals surface area contributed by atoms with Gasteiger partial charge in [-0.1, -0.05) is 78.9 Å². The van der Waals surface area contributed by atoms with Gasteiger partial charge in [0, 0.05) is 11.8 Å². The standard InChI is InChI=1S/C30H23N5O2/c1-37-23-17-15-21(16-18-23)26-28(32-24-14-8-9-19-31-24)33-29-25(20-10-4-2-5-11-20)27(34-35(29)30(26)36)22-12-6-3-7-13-22/h2-19,34H,1H3,(H,31,32). The Balaban J connectivity index is 1.67. The number of aromatic nitrogens is 4. The first-order valence-corrected chi connectivity index (χ1v) is 11.8. The van der Waals surface area contributed by atoms with Crippen molar-refractivity contribution in [1.29, 1.82) is 0 Å². The number of nitrogens with zero attached hydrogens (tertiary/aromatic N) is 3. The first kappa shape index (κ1) is 22.3. The van der Waals surface area contributed by atoms with E-state index in [-0.39, 0.29) is 5.56 Å². The van der Waals surface area contributed by atoms with E-state index in [9.17, 15) is 4.79 Å². The molecule has 180 valence electrons. The van der Waals surface area contributed by atoms with Crippen molar-refractivity contribution in [1.82, 2.24) is 19.6 Å². The van der Waals surface area contributed by atoms with Crippen molar-refractivity contribution in [2.45, 2.75) is 0 Å². The van der Waals surface area contributed by atoms with E-state index in [0.717, 1.165) is 22.4 Å². The highest BCUT2D eigenvalue weighted by molar-refractivity contribution is 5.92. The van der Waals surface area contributed by atoms with E-state index in [0.29, 0.717) is 34.2 Å². The molecule has 2 N–H and O–H groups in total. The van der Waals surface area contributed by atoms with Crippen molar-refractivity contribution < 1.29 is 4.74 Å². The van der Waals surface area contributed by atoms with Crippen molar-refractivity contribution in [2.75, 3.05) is 12.4 Å². The molecule has 0 amide bonds. The highest BCUT2D eigenvalue weighted by Gasteiger charge is 2.23. The van der Waals surface area contributed by atoms with E-state index in [1.807, 2.05) is 103 Å². The number of hydrogen-bond donors (Lipinski definition) is 2. The Morgan fingerprint density at radius 3 is 2.05 bits per heavy atom. The minimum Gasteiger partial charge on any atom is -0.497 e. The Morgan fingerprint density at radius 2 is 1.41 bits per heavy atom. The second-order valence-corrected chi connectivity index (χ2v) is 8.46. The van der Waals surface area contributed by atoms with Gasteiger partial charge in [0.1, 0.15) is 17.4 Å². The maximum atomic E-state index is 14.1. The summed E-state index contributed by atoms with van der Waals surface area (Å²) in [4.78, 5) is 23.5. The summed E-state index contributed by atoms with van der Waals surface area (Å²) < 4.78 is 6.84. The molecule has 0 aliphatic carbocycles. The third kappa shape index (κ3) is 4.12. The fourth-order valence-corrected chi connectivity index (χ4v) is 4.43. The number of aromatic amines is 1. The van der Waals surface area contributed by atoms with Gasteiger partial charge in [-0.2, -0.15) is 4.52 Å². The van der Waals surface area contributed by atoms with Gasteiger partial charge in [0.15, 0.2) is 5.65 Å². The molecule has 0 saturated carbocycles. The van der Waals surface area contributed by atoms with Crippen LogP contribution in [0.3, 0.4) is 0 Å². The summed E-state index contributed by atoms with van der Waals surface area (Å²) in [7, 11) is 1.61. The molecule has 37 heavy (non-hydrogen) atoms. The van der Waals surface area contributed by atoms with Gasteiger partial charge >= 0.3 is 0 Å². The number of methoxy groups -OCH3 is 1. The molecule has 0 aliphatic heterocycles. The zero-order valence-corrected chi connectivity index (χ0v) is 20.1. The predicted molar refractivity (Wildman–Crippen MR) is 146 cm³/mol. The Labute approximate surface area is 213 Å². The Bertz CT molecular complexity index is 1730. The van der Waals surface area contributed by atoms with E-state index in [4.69, 9.17) is 9.72 Å². The van der Waals surface area contributed by atoms with E-state index in [2.05, 4.69) is 15.4 Å². The molecule has 6 rings (SSSR count). The van der Waals surface area contributed by atoms with Gasteiger partial charge in [0.2, 0.25) is 0 Å². The first-order valence-electron chi connectivity index (χ1n) is 11.8. The SMILES string of the molecule is COc1ccc(-c2c(Nc3ccccn3)nc3c(-c4ccccc4)c(-c4ccccc4)[nH]n3c2=O)cc1. The van der Waals surface area contributed by atoms with Crippen LogP contribution in [0.5, 0.6) is 5.75 Å². The largest absolute Gasteiger partial charge is 0.497 e. The molecular weight excluding hydrogens is 462 g/mol. The number of hydrogen-bond acceptors (Lipinski definition) is 5. The van der Waals surface area contributed by atoms with Crippen LogP contribution in [-0.2, 0) is 0 Å². The lowest BCUT2D eigenvalue weighted by Gasteiger charge is -2.12. The molecule has 0 fully saturated rings. The molecule has 0 atom stereocenters. The monoisotopic (exact) mass is 485 g/mol. The smallest absolute Gasteiger partial charge is 0.282 e. The summed E-state index contributed by atoms with van der Waals surface area (Å²) in [6.07, 6.45) is 1.69. The van der Waals surface area contributed by atoms with Crippen LogP contribution in [0.1, 0.15) is 0 Å². The molecule has 3 heterocycles. The molecule has 0 bridgehead atoms. The van der Waals surface area contributed by atoms with Crippen molar-refractivity contribution in [3.63, 3.8) is 0 Å². The molecule has 0 radical (unpaired) electrons. The predicted octanol–water partition coefficient (Wildman–Crippen LogP) is 6.17. The number of pyridine rings is 1. The van der Waals surface area contributed by atoms with Crippen LogP contribution in [0, 0.1) is 0 Å². The lowest BCUT2D eigenvalue weighted by atomic mass is 10.0. The van der Waals surface area contributed by atoms with Gasteiger partial charge < -0.3 is 10.1 Å². The van der Waals surface area contributed by atoms with Gasteiger partial charge in [0.25, 0.3) is 5.56 Å². The molecular formula is C30H23N5O2. The van der Waals surface area contributed by atoms with Crippen LogP contribution in [0.25, 0.3) is 39.2 Å². The second-order valence-electron chi connectivity index (χ2n) is 8.46. The van der Waals surface area contributed by atoms with E-state index < -0.39 is 0 Å². The zero-order valence-electron chi connectivity index (χ0n) is 20.1. The lowest BCUT2D eigenvalue weighted by molar-refractivity contribution is 0.415. The van der Waals surface area contributed by atoms with Crippen LogP contribution >= 0.6 is 0 Å². The number of nitrogens with one attached hydrogen (secondary N) is 2. The van der Waals surface area contributed by atoms with Gasteiger partial charge in [-0.3, -0.25) is 9.89 Å². The zero-order chi connectivity index (χ0) is 25.2. The van der Waals surface area contributed by atoms with E-state index in [1.165, 1.54) is 4.52 Å².